The van der Waals surface area contributed by atoms with E-state index in [4.69, 9.17) is 9.72 Å². The summed E-state index contributed by atoms with van der Waals surface area (Å²) in [5.41, 5.74) is 8.77. The van der Waals surface area contributed by atoms with E-state index in [9.17, 15) is 9.28 Å². The van der Waals surface area contributed by atoms with E-state index in [1.165, 1.54) is 22.3 Å². The Morgan fingerprint density at radius 2 is 1.97 bits per heavy atom. The summed E-state index contributed by atoms with van der Waals surface area (Å²) < 4.78 is 20.6. The maximum atomic E-state index is 12.8. The predicted molar refractivity (Wildman–Crippen MR) is 139 cm³/mol. The van der Waals surface area contributed by atoms with Crippen LogP contribution in [0, 0.1) is 11.8 Å². The molecule has 0 saturated carbocycles. The number of rotatable bonds is 6. The third-order valence-electron chi connectivity index (χ3n) is 7.87. The van der Waals surface area contributed by atoms with Gasteiger partial charge in [0.15, 0.2) is 0 Å². The molecule has 0 radical (unpaired) electrons. The highest BCUT2D eigenvalue weighted by Gasteiger charge is 2.28. The molecule has 1 N–H and O–H groups in total. The van der Waals surface area contributed by atoms with Crippen LogP contribution in [0.25, 0.3) is 11.2 Å². The van der Waals surface area contributed by atoms with E-state index in [1.54, 1.807) is 5.57 Å². The standard InChI is InChI=1S/C28H33FN3O2P/c29-14-19-15-31(16-19)17-23-18-32-9-6-22(13-27(32)30-23)28-25(20-7-10-34-11-8-20)3-1-2-21-12-24(35-33)4-5-26(21)28/h4-6,9,12-13,18-20,33,35H,1-3,7-8,10-11,14-17H2. The van der Waals surface area contributed by atoms with Crippen molar-refractivity contribution in [3.63, 3.8) is 0 Å². The highest BCUT2D eigenvalue weighted by molar-refractivity contribution is 7.40. The van der Waals surface area contributed by atoms with E-state index >= 15 is 0 Å². The molecule has 35 heavy (non-hydrogen) atoms. The lowest BCUT2D eigenvalue weighted by Gasteiger charge is -2.37. The quantitative estimate of drug-likeness (QED) is 0.514. The van der Waals surface area contributed by atoms with Gasteiger partial charge in [-0.05, 0) is 83.8 Å². The van der Waals surface area contributed by atoms with Crippen molar-refractivity contribution in [3.05, 3.63) is 70.7 Å². The fraction of sp³-hybridized carbons (Fsp3) is 0.464. The average Bonchev–Trinajstić information content (AvgIpc) is 3.17. The Balaban J connectivity index is 1.40. The summed E-state index contributed by atoms with van der Waals surface area (Å²) in [6.07, 6.45) is 9.66. The van der Waals surface area contributed by atoms with E-state index in [2.05, 4.69) is 52.0 Å². The Labute approximate surface area is 207 Å². The minimum Gasteiger partial charge on any atom is -0.381 e. The van der Waals surface area contributed by atoms with Gasteiger partial charge >= 0.3 is 0 Å². The lowest BCUT2D eigenvalue weighted by atomic mass is 9.82. The second-order valence-corrected chi connectivity index (χ2v) is 11.1. The Hall–Kier alpha value is -2.11. The summed E-state index contributed by atoms with van der Waals surface area (Å²) in [4.78, 5) is 17.0. The first-order valence-corrected chi connectivity index (χ1v) is 13.8. The number of halogens is 1. The van der Waals surface area contributed by atoms with E-state index in [0.717, 1.165) is 81.6 Å². The van der Waals surface area contributed by atoms with Crippen molar-refractivity contribution < 1.29 is 14.0 Å². The second kappa shape index (κ2) is 10.1. The van der Waals surface area contributed by atoms with E-state index in [1.807, 2.05) is 0 Å². The third kappa shape index (κ3) is 4.70. The largest absolute Gasteiger partial charge is 0.381 e. The van der Waals surface area contributed by atoms with Crippen LogP contribution < -0.4 is 5.30 Å². The van der Waals surface area contributed by atoms with Crippen molar-refractivity contribution in [2.45, 2.75) is 38.6 Å². The van der Waals surface area contributed by atoms with E-state index < -0.39 is 0 Å². The van der Waals surface area contributed by atoms with Crippen molar-refractivity contribution in [3.8, 4) is 0 Å². The summed E-state index contributed by atoms with van der Waals surface area (Å²) in [5.74, 6) is 0.738. The number of hydrogen-bond donors (Lipinski definition) is 1. The minimum atomic E-state index is -0.225. The maximum Gasteiger partial charge on any atom is 0.137 e. The van der Waals surface area contributed by atoms with Crippen LogP contribution in [0.5, 0.6) is 0 Å². The number of alkyl halides is 1. The highest BCUT2D eigenvalue weighted by atomic mass is 31.1. The van der Waals surface area contributed by atoms with Gasteiger partial charge in [-0.25, -0.2) is 4.98 Å². The molecular formula is C28H33FN3O2P. The molecule has 2 aliphatic heterocycles. The number of nitrogens with zero attached hydrogens (tertiary/aromatic N) is 3. The molecule has 184 valence electrons. The molecule has 0 bridgehead atoms. The molecule has 1 atom stereocenters. The number of fused-ring (bicyclic) bond motifs is 2. The van der Waals surface area contributed by atoms with Gasteiger partial charge in [0, 0.05) is 60.0 Å². The van der Waals surface area contributed by atoms with Crippen molar-refractivity contribution >= 4 is 25.3 Å². The maximum absolute atomic E-state index is 12.8. The SMILES string of the molecule is OPc1ccc2c(c1)CCCC(C1CCOCC1)=C2c1ccn2cc(CN3CC(CF)C3)nc2c1. The molecule has 1 aliphatic carbocycles. The fourth-order valence-corrected chi connectivity index (χ4v) is 6.47. The number of hydrogen-bond acceptors (Lipinski definition) is 4. The van der Waals surface area contributed by atoms with Crippen LogP contribution in [0.3, 0.4) is 0 Å². The fourth-order valence-electron chi connectivity index (χ4n) is 6.08. The van der Waals surface area contributed by atoms with Gasteiger partial charge in [-0.3, -0.25) is 9.29 Å². The van der Waals surface area contributed by atoms with Gasteiger partial charge in [-0.15, -0.1) is 0 Å². The summed E-state index contributed by atoms with van der Waals surface area (Å²) in [6.45, 7) is 3.87. The van der Waals surface area contributed by atoms with E-state index in [-0.39, 0.29) is 21.4 Å². The average molecular weight is 494 g/mol. The number of likely N-dealkylation sites (tertiary alicyclic amines) is 1. The lowest BCUT2D eigenvalue weighted by molar-refractivity contribution is 0.0727. The van der Waals surface area contributed by atoms with Gasteiger partial charge < -0.3 is 14.0 Å². The molecule has 3 aliphatic rings. The van der Waals surface area contributed by atoms with Crippen molar-refractivity contribution in [2.75, 3.05) is 33.0 Å². The zero-order valence-electron chi connectivity index (χ0n) is 20.0. The monoisotopic (exact) mass is 493 g/mol. The number of imidazole rings is 1. The van der Waals surface area contributed by atoms with Crippen LogP contribution in [-0.2, 0) is 17.7 Å². The number of aryl methyl sites for hydroxylation is 1. The molecule has 1 unspecified atom stereocenters. The molecule has 4 heterocycles. The molecule has 5 nitrogen and oxygen atoms in total. The highest BCUT2D eigenvalue weighted by Crippen LogP contribution is 2.41. The molecule has 0 spiro atoms. The van der Waals surface area contributed by atoms with Crippen molar-refractivity contribution in [1.82, 2.24) is 14.3 Å². The molecule has 7 heteroatoms. The van der Waals surface area contributed by atoms with Gasteiger partial charge in [-0.2, -0.15) is 0 Å². The van der Waals surface area contributed by atoms with Gasteiger partial charge in [0.05, 0.1) is 12.4 Å². The number of allylic oxidation sites excluding steroid dienone is 1. The Bertz CT molecular complexity index is 1240. The number of ether oxygens (including phenoxy) is 1. The van der Waals surface area contributed by atoms with Crippen LogP contribution in [-0.4, -0.2) is 52.2 Å². The second-order valence-electron chi connectivity index (χ2n) is 10.3. The Morgan fingerprint density at radius 1 is 1.11 bits per heavy atom. The first-order valence-electron chi connectivity index (χ1n) is 12.8. The van der Waals surface area contributed by atoms with Gasteiger partial charge in [0.25, 0.3) is 0 Å². The predicted octanol–water partition coefficient (Wildman–Crippen LogP) is 4.51. The number of benzene rings is 1. The van der Waals surface area contributed by atoms with Crippen LogP contribution in [0.15, 0.2) is 48.3 Å². The molecule has 6 rings (SSSR count). The lowest BCUT2D eigenvalue weighted by Crippen LogP contribution is -2.46. The molecule has 0 amide bonds. The zero-order chi connectivity index (χ0) is 23.8. The summed E-state index contributed by atoms with van der Waals surface area (Å²) in [7, 11) is -0.174. The molecular weight excluding hydrogens is 460 g/mol. The normalized spacial score (nSPS) is 20.5. The Kier molecular flexibility index (Phi) is 6.72. The Morgan fingerprint density at radius 3 is 2.77 bits per heavy atom. The van der Waals surface area contributed by atoms with Crippen LogP contribution >= 0.6 is 8.81 Å². The van der Waals surface area contributed by atoms with Crippen molar-refractivity contribution in [2.24, 2.45) is 11.8 Å². The summed E-state index contributed by atoms with van der Waals surface area (Å²) in [5, 5.41) is 1.01. The van der Waals surface area contributed by atoms with Gasteiger partial charge in [-0.1, -0.05) is 17.7 Å². The summed E-state index contributed by atoms with van der Waals surface area (Å²) in [6, 6.07) is 11.0. The van der Waals surface area contributed by atoms with Gasteiger partial charge in [0.1, 0.15) is 5.65 Å². The molecule has 2 fully saturated rings. The first-order chi connectivity index (χ1) is 17.2. The molecule has 2 aromatic heterocycles. The molecule has 3 aromatic rings. The third-order valence-corrected chi connectivity index (χ3v) is 8.44. The van der Waals surface area contributed by atoms with Crippen LogP contribution in [0.2, 0.25) is 0 Å². The van der Waals surface area contributed by atoms with Gasteiger partial charge in [0.2, 0.25) is 0 Å². The topological polar surface area (TPSA) is 50.0 Å². The molecule has 1 aromatic carbocycles. The minimum absolute atomic E-state index is 0.174. The van der Waals surface area contributed by atoms with Crippen LogP contribution in [0.4, 0.5) is 4.39 Å². The zero-order valence-corrected chi connectivity index (χ0v) is 21.0. The van der Waals surface area contributed by atoms with E-state index in [0.29, 0.717) is 5.92 Å². The first kappa shape index (κ1) is 23.3. The van der Waals surface area contributed by atoms with Crippen molar-refractivity contribution in [1.29, 1.82) is 0 Å². The van der Waals surface area contributed by atoms with Crippen LogP contribution in [0.1, 0.15) is 48.1 Å². The number of pyridine rings is 1. The smallest absolute Gasteiger partial charge is 0.137 e. The summed E-state index contributed by atoms with van der Waals surface area (Å²) >= 11 is 0. The number of aromatic nitrogens is 2. The molecule has 2 saturated heterocycles.